The van der Waals surface area contributed by atoms with Crippen LogP contribution in [0.15, 0.2) is 18.3 Å². The van der Waals surface area contributed by atoms with E-state index in [1.165, 1.54) is 5.57 Å². The highest BCUT2D eigenvalue weighted by molar-refractivity contribution is 5.59. The van der Waals surface area contributed by atoms with E-state index in [1.54, 1.807) is 0 Å². The number of nitrogens with zero attached hydrogens (tertiary/aromatic N) is 2. The summed E-state index contributed by atoms with van der Waals surface area (Å²) < 4.78 is 1.83. The third-order valence-electron chi connectivity index (χ3n) is 2.27. The van der Waals surface area contributed by atoms with Gasteiger partial charge in [-0.1, -0.05) is 19.9 Å². The molecule has 1 heterocycles. The Morgan fingerprint density at radius 3 is 2.87 bits per heavy atom. The molecule has 3 heteroatoms. The Morgan fingerprint density at radius 1 is 1.60 bits per heavy atom. The molecule has 0 amide bonds. The molecule has 0 fully saturated rings. The third kappa shape index (κ3) is 4.30. The van der Waals surface area contributed by atoms with Crippen LogP contribution in [0.4, 0.5) is 0 Å². The molecule has 1 rings (SSSR count). The van der Waals surface area contributed by atoms with Crippen LogP contribution in [0, 0.1) is 0 Å². The van der Waals surface area contributed by atoms with Crippen LogP contribution in [0.5, 0.6) is 0 Å². The predicted octanol–water partition coefficient (Wildman–Crippen LogP) is 2.21. The second-order valence-corrected chi connectivity index (χ2v) is 4.16. The van der Waals surface area contributed by atoms with Gasteiger partial charge < -0.3 is 5.32 Å². The first kappa shape index (κ1) is 12.0. The minimum absolute atomic E-state index is 0.563. The molecular weight excluding hydrogens is 186 g/mol. The first-order valence-corrected chi connectivity index (χ1v) is 5.49. The van der Waals surface area contributed by atoms with Crippen LogP contribution in [-0.4, -0.2) is 22.4 Å². The molecule has 15 heavy (non-hydrogen) atoms. The van der Waals surface area contributed by atoms with Gasteiger partial charge in [0.15, 0.2) is 0 Å². The van der Waals surface area contributed by atoms with Gasteiger partial charge in [-0.25, -0.2) is 0 Å². The first-order chi connectivity index (χ1) is 7.09. The zero-order chi connectivity index (χ0) is 11.3. The molecule has 0 saturated carbocycles. The third-order valence-corrected chi connectivity index (χ3v) is 2.27. The fraction of sp³-hybridized carbons (Fsp3) is 0.583. The maximum atomic E-state index is 4.35. The average molecular weight is 207 g/mol. The van der Waals surface area contributed by atoms with Gasteiger partial charge in [-0.05, 0) is 31.5 Å². The van der Waals surface area contributed by atoms with Crippen LogP contribution < -0.4 is 5.32 Å². The Morgan fingerprint density at radius 2 is 2.33 bits per heavy atom. The molecular formula is C12H21N3. The Bertz CT molecular complexity index is 323. The van der Waals surface area contributed by atoms with E-state index in [-0.39, 0.29) is 0 Å². The molecule has 0 aromatic carbocycles. The largest absolute Gasteiger partial charge is 0.314 e. The molecule has 0 aliphatic carbocycles. The van der Waals surface area contributed by atoms with Crippen molar-refractivity contribution in [3.63, 3.8) is 0 Å². The normalized spacial score (nSPS) is 12.5. The van der Waals surface area contributed by atoms with Gasteiger partial charge in [0.2, 0.25) is 0 Å². The van der Waals surface area contributed by atoms with Crippen molar-refractivity contribution < 1.29 is 0 Å². The Labute approximate surface area is 92.2 Å². The maximum absolute atomic E-state index is 4.35. The number of nitrogens with one attached hydrogen (secondary N) is 1. The molecule has 0 aliphatic heterocycles. The lowest BCUT2D eigenvalue weighted by molar-refractivity contribution is 0.595. The second kappa shape index (κ2) is 5.71. The molecule has 1 aromatic heterocycles. The molecule has 84 valence electrons. The van der Waals surface area contributed by atoms with Crippen molar-refractivity contribution in [2.45, 2.75) is 33.2 Å². The molecule has 0 bridgehead atoms. The maximum Gasteiger partial charge on any atom is 0.0876 e. The Kier molecular flexibility index (Phi) is 4.56. The summed E-state index contributed by atoms with van der Waals surface area (Å²) in [6, 6.07) is 2.61. The highest BCUT2D eigenvalue weighted by Gasteiger charge is 1.98. The molecule has 1 N–H and O–H groups in total. The van der Waals surface area contributed by atoms with E-state index >= 15 is 0 Å². The van der Waals surface area contributed by atoms with Crippen LogP contribution in [-0.2, 0) is 7.05 Å². The van der Waals surface area contributed by atoms with E-state index in [1.807, 2.05) is 24.0 Å². The van der Waals surface area contributed by atoms with Gasteiger partial charge in [-0.15, -0.1) is 0 Å². The van der Waals surface area contributed by atoms with Crippen molar-refractivity contribution in [3.05, 3.63) is 24.0 Å². The monoisotopic (exact) mass is 207 g/mol. The summed E-state index contributed by atoms with van der Waals surface area (Å²) >= 11 is 0. The highest BCUT2D eigenvalue weighted by Crippen LogP contribution is 2.10. The van der Waals surface area contributed by atoms with Gasteiger partial charge in [0.05, 0.1) is 5.69 Å². The van der Waals surface area contributed by atoms with Crippen molar-refractivity contribution in [3.8, 4) is 0 Å². The van der Waals surface area contributed by atoms with Crippen LogP contribution in [0.3, 0.4) is 0 Å². The van der Waals surface area contributed by atoms with Gasteiger partial charge in [-0.3, -0.25) is 4.68 Å². The van der Waals surface area contributed by atoms with Crippen molar-refractivity contribution in [1.82, 2.24) is 15.1 Å². The zero-order valence-electron chi connectivity index (χ0n) is 10.1. The van der Waals surface area contributed by atoms with E-state index in [4.69, 9.17) is 0 Å². The molecule has 0 atom stereocenters. The van der Waals surface area contributed by atoms with Crippen molar-refractivity contribution >= 4 is 5.57 Å². The van der Waals surface area contributed by atoms with Crippen LogP contribution in [0.25, 0.3) is 5.57 Å². The summed E-state index contributed by atoms with van der Waals surface area (Å²) in [5, 5.41) is 7.74. The van der Waals surface area contributed by atoms with Crippen molar-refractivity contribution in [1.29, 1.82) is 0 Å². The fourth-order valence-corrected chi connectivity index (χ4v) is 1.39. The Balaban J connectivity index is 2.39. The van der Waals surface area contributed by atoms with Gasteiger partial charge in [0.1, 0.15) is 0 Å². The summed E-state index contributed by atoms with van der Waals surface area (Å²) in [6.07, 6.45) is 5.26. The number of rotatable bonds is 5. The van der Waals surface area contributed by atoms with E-state index in [0.29, 0.717) is 6.04 Å². The van der Waals surface area contributed by atoms with Crippen LogP contribution in [0.1, 0.15) is 32.9 Å². The second-order valence-electron chi connectivity index (χ2n) is 4.16. The number of aryl methyl sites for hydroxylation is 1. The quantitative estimate of drug-likeness (QED) is 0.750. The lowest BCUT2D eigenvalue weighted by Gasteiger charge is -2.05. The molecule has 0 saturated heterocycles. The number of hydrogen-bond acceptors (Lipinski definition) is 2. The SMILES string of the molecule is C/C(=C/CCNC(C)C)c1ccn(C)n1. The summed E-state index contributed by atoms with van der Waals surface area (Å²) in [6.45, 7) is 7.46. The van der Waals surface area contributed by atoms with Crippen LogP contribution in [0.2, 0.25) is 0 Å². The number of aromatic nitrogens is 2. The zero-order valence-corrected chi connectivity index (χ0v) is 10.1. The minimum Gasteiger partial charge on any atom is -0.314 e. The van der Waals surface area contributed by atoms with Crippen molar-refractivity contribution in [2.24, 2.45) is 7.05 Å². The summed E-state index contributed by atoms with van der Waals surface area (Å²) in [5.74, 6) is 0. The molecule has 1 aromatic rings. The van der Waals surface area contributed by atoms with Gasteiger partial charge in [0.25, 0.3) is 0 Å². The predicted molar refractivity (Wildman–Crippen MR) is 64.6 cm³/mol. The van der Waals surface area contributed by atoms with Gasteiger partial charge in [-0.2, -0.15) is 5.10 Å². The fourth-order valence-electron chi connectivity index (χ4n) is 1.39. The number of allylic oxidation sites excluding steroid dienone is 1. The van der Waals surface area contributed by atoms with Crippen molar-refractivity contribution in [2.75, 3.05) is 6.54 Å². The molecule has 3 nitrogen and oxygen atoms in total. The van der Waals surface area contributed by atoms with Gasteiger partial charge >= 0.3 is 0 Å². The summed E-state index contributed by atoms with van der Waals surface area (Å²) in [5.41, 5.74) is 2.32. The molecule has 0 radical (unpaired) electrons. The smallest absolute Gasteiger partial charge is 0.0876 e. The van der Waals surface area contributed by atoms with Crippen LogP contribution >= 0.6 is 0 Å². The number of hydrogen-bond donors (Lipinski definition) is 1. The molecule has 0 spiro atoms. The lowest BCUT2D eigenvalue weighted by Crippen LogP contribution is -2.23. The van der Waals surface area contributed by atoms with E-state index in [9.17, 15) is 0 Å². The Hall–Kier alpha value is -1.09. The van der Waals surface area contributed by atoms with E-state index in [0.717, 1.165) is 18.7 Å². The first-order valence-electron chi connectivity index (χ1n) is 5.49. The summed E-state index contributed by atoms with van der Waals surface area (Å²) in [7, 11) is 1.94. The van der Waals surface area contributed by atoms with E-state index < -0.39 is 0 Å². The van der Waals surface area contributed by atoms with Gasteiger partial charge in [0, 0.05) is 19.3 Å². The molecule has 0 unspecified atom stereocenters. The summed E-state index contributed by atoms with van der Waals surface area (Å²) in [4.78, 5) is 0. The molecule has 0 aliphatic rings. The minimum atomic E-state index is 0.563. The highest BCUT2D eigenvalue weighted by atomic mass is 15.2. The topological polar surface area (TPSA) is 29.9 Å². The standard InChI is InChI=1S/C12H21N3/c1-10(2)13-8-5-6-11(3)12-7-9-15(4)14-12/h6-7,9-10,13H,5,8H2,1-4H3/b11-6-. The lowest BCUT2D eigenvalue weighted by atomic mass is 10.2. The van der Waals surface area contributed by atoms with E-state index in [2.05, 4.69) is 37.3 Å². The average Bonchev–Trinajstić information content (AvgIpc) is 2.59.